The first kappa shape index (κ1) is 16.2. The summed E-state index contributed by atoms with van der Waals surface area (Å²) in [5, 5.41) is 16.8. The molecule has 0 aliphatic heterocycles. The van der Waals surface area contributed by atoms with E-state index in [4.69, 9.17) is 21.4 Å². The van der Waals surface area contributed by atoms with E-state index in [2.05, 4.69) is 21.5 Å². The van der Waals surface area contributed by atoms with E-state index in [1.54, 1.807) is 24.3 Å². The monoisotopic (exact) mass is 338 g/mol. The summed E-state index contributed by atoms with van der Waals surface area (Å²) < 4.78 is 5.31. The first-order valence-corrected chi connectivity index (χ1v) is 7.85. The van der Waals surface area contributed by atoms with Crippen molar-refractivity contribution < 1.29 is 4.52 Å². The Hall–Kier alpha value is -2.68. The molecule has 0 bridgehead atoms. The van der Waals surface area contributed by atoms with Crippen LogP contribution in [0.1, 0.15) is 29.9 Å². The predicted molar refractivity (Wildman–Crippen MR) is 91.2 cm³/mol. The van der Waals surface area contributed by atoms with Gasteiger partial charge < -0.3 is 9.84 Å². The van der Waals surface area contributed by atoms with Crippen LogP contribution in [-0.4, -0.2) is 10.1 Å². The van der Waals surface area contributed by atoms with Gasteiger partial charge in [-0.2, -0.15) is 10.2 Å². The van der Waals surface area contributed by atoms with E-state index in [1.165, 1.54) is 0 Å². The summed E-state index contributed by atoms with van der Waals surface area (Å²) in [4.78, 5) is 4.42. The van der Waals surface area contributed by atoms with Crippen LogP contribution in [0.5, 0.6) is 0 Å². The lowest BCUT2D eigenvalue weighted by Crippen LogP contribution is -2.19. The van der Waals surface area contributed by atoms with Gasteiger partial charge in [0.1, 0.15) is 0 Å². The van der Waals surface area contributed by atoms with Gasteiger partial charge in [0.05, 0.1) is 17.7 Å². The average molecular weight is 339 g/mol. The molecule has 0 aliphatic carbocycles. The van der Waals surface area contributed by atoms with Gasteiger partial charge in [0.25, 0.3) is 5.89 Å². The third-order valence-electron chi connectivity index (χ3n) is 3.62. The number of nitriles is 1. The van der Waals surface area contributed by atoms with E-state index in [0.29, 0.717) is 28.8 Å². The molecule has 1 heterocycles. The molecule has 0 spiro atoms. The van der Waals surface area contributed by atoms with E-state index in [0.717, 1.165) is 11.1 Å². The second kappa shape index (κ2) is 7.26. The molecule has 0 unspecified atom stereocenters. The minimum atomic E-state index is -0.0644. The van der Waals surface area contributed by atoms with Crippen LogP contribution in [0.15, 0.2) is 53.1 Å². The third-order valence-corrected chi connectivity index (χ3v) is 3.87. The van der Waals surface area contributed by atoms with E-state index < -0.39 is 0 Å². The Bertz CT molecular complexity index is 850. The second-order valence-electron chi connectivity index (χ2n) is 5.38. The minimum Gasteiger partial charge on any atom is -0.334 e. The van der Waals surface area contributed by atoms with Crippen LogP contribution in [0, 0.1) is 11.3 Å². The Kier molecular flexibility index (Phi) is 4.90. The molecule has 120 valence electrons. The molecule has 5 nitrogen and oxygen atoms in total. The normalized spacial score (nSPS) is 11.9. The fourth-order valence-electron chi connectivity index (χ4n) is 2.18. The molecule has 3 rings (SSSR count). The van der Waals surface area contributed by atoms with Gasteiger partial charge in [-0.3, -0.25) is 0 Å². The molecule has 1 aromatic heterocycles. The quantitative estimate of drug-likeness (QED) is 0.757. The lowest BCUT2D eigenvalue weighted by atomic mass is 10.1. The van der Waals surface area contributed by atoms with Gasteiger partial charge in [0, 0.05) is 17.1 Å². The van der Waals surface area contributed by atoms with Crippen molar-refractivity contribution in [3.8, 4) is 17.5 Å². The van der Waals surface area contributed by atoms with Crippen molar-refractivity contribution in [1.29, 1.82) is 5.26 Å². The molecule has 0 fully saturated rings. The van der Waals surface area contributed by atoms with Crippen LogP contribution >= 0.6 is 11.6 Å². The number of nitrogens with one attached hydrogen (secondary N) is 1. The molecule has 0 aliphatic rings. The van der Waals surface area contributed by atoms with Crippen LogP contribution in [0.2, 0.25) is 5.02 Å². The van der Waals surface area contributed by atoms with Crippen LogP contribution in [-0.2, 0) is 6.54 Å². The molecule has 0 radical (unpaired) electrons. The molecule has 2 aromatic carbocycles. The van der Waals surface area contributed by atoms with Crippen molar-refractivity contribution in [3.05, 3.63) is 70.5 Å². The van der Waals surface area contributed by atoms with Crippen LogP contribution in [0.25, 0.3) is 11.5 Å². The summed E-state index contributed by atoms with van der Waals surface area (Å²) in [6.07, 6.45) is 0. The Labute approximate surface area is 144 Å². The van der Waals surface area contributed by atoms with Crippen molar-refractivity contribution >= 4 is 11.6 Å². The Morgan fingerprint density at radius 2 is 1.88 bits per heavy atom. The van der Waals surface area contributed by atoms with Crippen molar-refractivity contribution in [2.24, 2.45) is 0 Å². The fraction of sp³-hybridized carbons (Fsp3) is 0.167. The van der Waals surface area contributed by atoms with Crippen molar-refractivity contribution in [2.75, 3.05) is 0 Å². The van der Waals surface area contributed by atoms with Gasteiger partial charge in [0.15, 0.2) is 5.82 Å². The highest BCUT2D eigenvalue weighted by atomic mass is 35.5. The number of hydrogen-bond acceptors (Lipinski definition) is 5. The Morgan fingerprint density at radius 1 is 1.17 bits per heavy atom. The number of halogens is 1. The lowest BCUT2D eigenvalue weighted by Gasteiger charge is -2.09. The van der Waals surface area contributed by atoms with Gasteiger partial charge in [-0.1, -0.05) is 28.9 Å². The molecule has 6 heteroatoms. The van der Waals surface area contributed by atoms with Crippen molar-refractivity contribution in [3.63, 3.8) is 0 Å². The minimum absolute atomic E-state index is 0.0644. The number of rotatable bonds is 5. The summed E-state index contributed by atoms with van der Waals surface area (Å²) >= 11 is 5.88. The molecule has 0 saturated carbocycles. The summed E-state index contributed by atoms with van der Waals surface area (Å²) in [6.45, 7) is 2.62. The highest BCUT2D eigenvalue weighted by Gasteiger charge is 2.14. The maximum atomic E-state index is 8.81. The fourth-order valence-corrected chi connectivity index (χ4v) is 2.31. The number of hydrogen-bond donors (Lipinski definition) is 1. The maximum absolute atomic E-state index is 8.81. The van der Waals surface area contributed by atoms with Gasteiger partial charge in [-0.15, -0.1) is 0 Å². The van der Waals surface area contributed by atoms with Crippen molar-refractivity contribution in [1.82, 2.24) is 15.5 Å². The standard InChI is InChI=1S/C18H15ClN4O/c1-12(21-11-14-4-2-13(10-20)3-5-14)17-22-18(24-23-17)15-6-8-16(19)9-7-15/h2-9,12,21H,11H2,1H3/t12-/m1/s1. The second-order valence-corrected chi connectivity index (χ2v) is 5.81. The topological polar surface area (TPSA) is 74.7 Å². The van der Waals surface area contributed by atoms with Gasteiger partial charge in [-0.25, -0.2) is 0 Å². The van der Waals surface area contributed by atoms with Gasteiger partial charge >= 0.3 is 0 Å². The molecule has 24 heavy (non-hydrogen) atoms. The van der Waals surface area contributed by atoms with Crippen LogP contribution in [0.4, 0.5) is 0 Å². The summed E-state index contributed by atoms with van der Waals surface area (Å²) in [6, 6.07) is 16.7. The number of aromatic nitrogens is 2. The summed E-state index contributed by atoms with van der Waals surface area (Å²) in [5.74, 6) is 1.06. The maximum Gasteiger partial charge on any atom is 0.257 e. The SMILES string of the molecule is C[C@@H](NCc1ccc(C#N)cc1)c1noc(-c2ccc(Cl)cc2)n1. The Morgan fingerprint density at radius 3 is 2.54 bits per heavy atom. The van der Waals surface area contributed by atoms with Crippen LogP contribution < -0.4 is 5.32 Å². The molecular weight excluding hydrogens is 324 g/mol. The van der Waals surface area contributed by atoms with Crippen LogP contribution in [0.3, 0.4) is 0 Å². The molecule has 0 amide bonds. The highest BCUT2D eigenvalue weighted by molar-refractivity contribution is 6.30. The molecule has 3 aromatic rings. The smallest absolute Gasteiger partial charge is 0.257 e. The molecule has 1 atom stereocenters. The van der Waals surface area contributed by atoms with E-state index in [-0.39, 0.29) is 6.04 Å². The molecular formula is C18H15ClN4O. The summed E-state index contributed by atoms with van der Waals surface area (Å²) in [5.41, 5.74) is 2.57. The van der Waals surface area contributed by atoms with E-state index >= 15 is 0 Å². The van der Waals surface area contributed by atoms with E-state index in [9.17, 15) is 0 Å². The zero-order valence-electron chi connectivity index (χ0n) is 13.0. The van der Waals surface area contributed by atoms with Gasteiger partial charge in [0.2, 0.25) is 0 Å². The highest BCUT2D eigenvalue weighted by Crippen LogP contribution is 2.21. The lowest BCUT2D eigenvalue weighted by molar-refractivity contribution is 0.409. The van der Waals surface area contributed by atoms with Crippen molar-refractivity contribution in [2.45, 2.75) is 19.5 Å². The third kappa shape index (κ3) is 3.80. The molecule has 0 saturated heterocycles. The average Bonchev–Trinajstić information content (AvgIpc) is 3.11. The first-order chi connectivity index (χ1) is 11.7. The van der Waals surface area contributed by atoms with E-state index in [1.807, 2.05) is 31.2 Å². The molecule has 1 N–H and O–H groups in total. The largest absolute Gasteiger partial charge is 0.334 e. The number of benzene rings is 2. The number of nitrogens with zero attached hydrogens (tertiary/aromatic N) is 3. The first-order valence-electron chi connectivity index (χ1n) is 7.47. The zero-order chi connectivity index (χ0) is 16.9. The Balaban J connectivity index is 1.64. The summed E-state index contributed by atoms with van der Waals surface area (Å²) in [7, 11) is 0. The predicted octanol–water partition coefficient (Wildman–Crippen LogP) is 4.11. The zero-order valence-corrected chi connectivity index (χ0v) is 13.8. The van der Waals surface area contributed by atoms with Gasteiger partial charge in [-0.05, 0) is 48.9 Å².